The molecule has 0 amide bonds. The van der Waals surface area contributed by atoms with Gasteiger partial charge in [-0.25, -0.2) is 0 Å². The van der Waals surface area contributed by atoms with E-state index in [1.54, 1.807) is 0 Å². The van der Waals surface area contributed by atoms with Crippen LogP contribution in [0.25, 0.3) is 0 Å². The van der Waals surface area contributed by atoms with Gasteiger partial charge in [0.15, 0.2) is 0 Å². The van der Waals surface area contributed by atoms with Crippen LogP contribution in [0.5, 0.6) is 5.75 Å². The van der Waals surface area contributed by atoms with Gasteiger partial charge >= 0.3 is 0 Å². The molecule has 0 aromatic heterocycles. The van der Waals surface area contributed by atoms with Crippen molar-refractivity contribution in [2.45, 2.75) is 13.8 Å². The second-order valence-electron chi connectivity index (χ2n) is 4.04. The zero-order chi connectivity index (χ0) is 10.6. The van der Waals surface area contributed by atoms with E-state index in [1.807, 2.05) is 24.3 Å². The Labute approximate surface area is 95.8 Å². The van der Waals surface area contributed by atoms with Crippen molar-refractivity contribution in [3.05, 3.63) is 29.3 Å². The van der Waals surface area contributed by atoms with E-state index >= 15 is 0 Å². The molecule has 0 aliphatic heterocycles. The molecule has 14 heavy (non-hydrogen) atoms. The highest BCUT2D eigenvalue weighted by Crippen LogP contribution is 2.26. The first-order valence-electron chi connectivity index (χ1n) is 4.53. The van der Waals surface area contributed by atoms with Gasteiger partial charge in [0.1, 0.15) is 5.75 Å². The molecule has 0 saturated carbocycles. The fourth-order valence-electron chi connectivity index (χ4n) is 0.881. The van der Waals surface area contributed by atoms with Crippen molar-refractivity contribution in [3.63, 3.8) is 0 Å². The summed E-state index contributed by atoms with van der Waals surface area (Å²) in [7, 11) is 0. The van der Waals surface area contributed by atoms with Crippen molar-refractivity contribution in [1.29, 1.82) is 0 Å². The van der Waals surface area contributed by atoms with E-state index in [0.717, 1.165) is 11.5 Å². The quantitative estimate of drug-likeness (QED) is 0.777. The number of thiol groups is 1. The minimum Gasteiger partial charge on any atom is -0.491 e. The van der Waals surface area contributed by atoms with Crippen LogP contribution in [0.15, 0.2) is 24.3 Å². The van der Waals surface area contributed by atoms with E-state index in [1.165, 1.54) is 0 Å². The summed E-state index contributed by atoms with van der Waals surface area (Å²) in [6.07, 6.45) is 0. The molecule has 1 aromatic rings. The Bertz CT molecular complexity index is 299. The highest BCUT2D eigenvalue weighted by Gasteiger charge is 2.17. The molecule has 0 aliphatic rings. The van der Waals surface area contributed by atoms with E-state index in [-0.39, 0.29) is 5.41 Å². The molecule has 0 heterocycles. The number of benzene rings is 1. The van der Waals surface area contributed by atoms with Crippen molar-refractivity contribution in [2.75, 3.05) is 12.4 Å². The Balaban J connectivity index is 2.58. The Morgan fingerprint density at radius 2 is 2.00 bits per heavy atom. The van der Waals surface area contributed by atoms with Crippen LogP contribution in [0.3, 0.4) is 0 Å². The van der Waals surface area contributed by atoms with Crippen molar-refractivity contribution >= 4 is 24.2 Å². The minimum absolute atomic E-state index is 0.0717. The first-order chi connectivity index (χ1) is 6.55. The molecule has 1 rings (SSSR count). The summed E-state index contributed by atoms with van der Waals surface area (Å²) in [6.45, 7) is 4.84. The molecule has 0 aliphatic carbocycles. The summed E-state index contributed by atoms with van der Waals surface area (Å²) in [5, 5.41) is 0.655. The Kier molecular flexibility index (Phi) is 4.14. The molecule has 78 valence electrons. The van der Waals surface area contributed by atoms with E-state index < -0.39 is 0 Å². The lowest BCUT2D eigenvalue weighted by Crippen LogP contribution is -2.23. The number of ether oxygens (including phenoxy) is 1. The van der Waals surface area contributed by atoms with E-state index in [0.29, 0.717) is 11.6 Å². The van der Waals surface area contributed by atoms with Gasteiger partial charge in [-0.1, -0.05) is 37.6 Å². The average Bonchev–Trinajstić information content (AvgIpc) is 2.17. The molecule has 0 spiro atoms. The molecule has 0 fully saturated rings. The van der Waals surface area contributed by atoms with Crippen LogP contribution in [-0.4, -0.2) is 12.4 Å². The van der Waals surface area contributed by atoms with Crippen LogP contribution in [0.4, 0.5) is 0 Å². The topological polar surface area (TPSA) is 9.23 Å². The van der Waals surface area contributed by atoms with Gasteiger partial charge in [-0.3, -0.25) is 0 Å². The predicted octanol–water partition coefficient (Wildman–Crippen LogP) is 3.67. The third kappa shape index (κ3) is 3.43. The number of rotatable bonds is 4. The molecule has 0 bridgehead atoms. The van der Waals surface area contributed by atoms with Crippen molar-refractivity contribution in [2.24, 2.45) is 5.41 Å². The van der Waals surface area contributed by atoms with Crippen LogP contribution in [0.1, 0.15) is 13.8 Å². The summed E-state index contributed by atoms with van der Waals surface area (Å²) in [6, 6.07) is 7.50. The molecular weight excluding hydrogens is 216 g/mol. The molecule has 3 heteroatoms. The maximum atomic E-state index is 5.95. The van der Waals surface area contributed by atoms with Crippen LogP contribution in [0.2, 0.25) is 5.02 Å². The van der Waals surface area contributed by atoms with E-state index in [2.05, 4.69) is 26.5 Å². The lowest BCUT2D eigenvalue weighted by atomic mass is 9.98. The van der Waals surface area contributed by atoms with Gasteiger partial charge in [0, 0.05) is 5.41 Å². The van der Waals surface area contributed by atoms with Crippen LogP contribution >= 0.6 is 24.2 Å². The van der Waals surface area contributed by atoms with Gasteiger partial charge in [-0.2, -0.15) is 12.6 Å². The van der Waals surface area contributed by atoms with Gasteiger partial charge in [-0.15, -0.1) is 0 Å². The fourth-order valence-corrected chi connectivity index (χ4v) is 1.16. The minimum atomic E-state index is 0.0717. The third-order valence-corrected chi connectivity index (χ3v) is 3.05. The second kappa shape index (κ2) is 4.94. The second-order valence-corrected chi connectivity index (χ2v) is 4.76. The highest BCUT2D eigenvalue weighted by molar-refractivity contribution is 7.80. The Hall–Kier alpha value is -0.340. The summed E-state index contributed by atoms with van der Waals surface area (Å²) in [5.41, 5.74) is 0.0717. The van der Waals surface area contributed by atoms with Crippen LogP contribution in [0, 0.1) is 5.41 Å². The van der Waals surface area contributed by atoms with Crippen molar-refractivity contribution in [3.8, 4) is 5.75 Å². The monoisotopic (exact) mass is 230 g/mol. The normalized spacial score (nSPS) is 11.4. The zero-order valence-corrected chi connectivity index (χ0v) is 10.1. The number of hydrogen-bond acceptors (Lipinski definition) is 2. The zero-order valence-electron chi connectivity index (χ0n) is 8.46. The predicted molar refractivity (Wildman–Crippen MR) is 64.6 cm³/mol. The fraction of sp³-hybridized carbons (Fsp3) is 0.455. The van der Waals surface area contributed by atoms with Gasteiger partial charge < -0.3 is 4.74 Å². The molecule has 0 saturated heterocycles. The first-order valence-corrected chi connectivity index (χ1v) is 5.54. The van der Waals surface area contributed by atoms with E-state index in [4.69, 9.17) is 16.3 Å². The summed E-state index contributed by atoms with van der Waals surface area (Å²) >= 11 is 10.2. The standard InChI is InChI=1S/C11H15ClOS/c1-11(2,8-14)7-13-10-6-4-3-5-9(10)12/h3-6,14H,7-8H2,1-2H3. The molecule has 0 radical (unpaired) electrons. The molecule has 1 nitrogen and oxygen atoms in total. The van der Waals surface area contributed by atoms with Gasteiger partial charge in [0.2, 0.25) is 0 Å². The smallest absolute Gasteiger partial charge is 0.137 e. The van der Waals surface area contributed by atoms with Gasteiger partial charge in [0.05, 0.1) is 11.6 Å². The number of para-hydroxylation sites is 1. The van der Waals surface area contributed by atoms with Crippen molar-refractivity contribution < 1.29 is 4.74 Å². The maximum Gasteiger partial charge on any atom is 0.137 e. The van der Waals surface area contributed by atoms with Crippen LogP contribution in [-0.2, 0) is 0 Å². The molecule has 0 atom stereocenters. The molecule has 0 unspecified atom stereocenters. The summed E-state index contributed by atoms with van der Waals surface area (Å²) < 4.78 is 5.61. The Morgan fingerprint density at radius 1 is 1.36 bits per heavy atom. The molecule has 1 aromatic carbocycles. The highest BCUT2D eigenvalue weighted by atomic mass is 35.5. The SMILES string of the molecule is CC(C)(CS)COc1ccccc1Cl. The number of halogens is 1. The van der Waals surface area contributed by atoms with Gasteiger partial charge in [-0.05, 0) is 17.9 Å². The maximum absolute atomic E-state index is 5.95. The molecule has 0 N–H and O–H groups in total. The van der Waals surface area contributed by atoms with E-state index in [9.17, 15) is 0 Å². The summed E-state index contributed by atoms with van der Waals surface area (Å²) in [4.78, 5) is 0. The van der Waals surface area contributed by atoms with Crippen LogP contribution < -0.4 is 4.74 Å². The lowest BCUT2D eigenvalue weighted by molar-refractivity contribution is 0.202. The molecular formula is C11H15ClOS. The average molecular weight is 231 g/mol. The largest absolute Gasteiger partial charge is 0.491 e. The number of hydrogen-bond donors (Lipinski definition) is 1. The first kappa shape index (κ1) is 11.7. The summed E-state index contributed by atoms with van der Waals surface area (Å²) in [5.74, 6) is 1.53. The van der Waals surface area contributed by atoms with Gasteiger partial charge in [0.25, 0.3) is 0 Å². The third-order valence-electron chi connectivity index (χ3n) is 1.88. The Morgan fingerprint density at radius 3 is 2.57 bits per heavy atom. The lowest BCUT2D eigenvalue weighted by Gasteiger charge is -2.22. The van der Waals surface area contributed by atoms with Crippen molar-refractivity contribution in [1.82, 2.24) is 0 Å².